The highest BCUT2D eigenvalue weighted by Gasteiger charge is 2.01. The van der Waals surface area contributed by atoms with E-state index in [9.17, 15) is 0 Å². The molecule has 0 aromatic carbocycles. The summed E-state index contributed by atoms with van der Waals surface area (Å²) in [6.45, 7) is 5.37. The van der Waals surface area contributed by atoms with Crippen molar-refractivity contribution in [3.8, 4) is 0 Å². The van der Waals surface area contributed by atoms with Crippen molar-refractivity contribution in [1.82, 2.24) is 5.32 Å². The van der Waals surface area contributed by atoms with Gasteiger partial charge in [0.2, 0.25) is 0 Å². The molecule has 0 aliphatic heterocycles. The monoisotopic (exact) mass is 167 g/mol. The van der Waals surface area contributed by atoms with Gasteiger partial charge in [0, 0.05) is 12.5 Å². The summed E-state index contributed by atoms with van der Waals surface area (Å²) in [5.41, 5.74) is 0. The van der Waals surface area contributed by atoms with Gasteiger partial charge in [0.05, 0.1) is 6.26 Å². The largest absolute Gasteiger partial charge is 0.469 e. The van der Waals surface area contributed by atoms with Crippen LogP contribution in [0, 0.1) is 0 Å². The summed E-state index contributed by atoms with van der Waals surface area (Å²) in [6.07, 6.45) is 3.90. The molecule has 1 atom stereocenters. The molecular formula is C10H17NO. The van der Waals surface area contributed by atoms with Crippen molar-refractivity contribution in [2.75, 3.05) is 6.54 Å². The zero-order chi connectivity index (χ0) is 8.81. The van der Waals surface area contributed by atoms with Gasteiger partial charge in [0.15, 0.2) is 0 Å². The maximum atomic E-state index is 5.23. The first kappa shape index (κ1) is 9.33. The van der Waals surface area contributed by atoms with E-state index >= 15 is 0 Å². The average molecular weight is 167 g/mol. The van der Waals surface area contributed by atoms with Crippen molar-refractivity contribution in [2.24, 2.45) is 0 Å². The minimum atomic E-state index is 0.583. The molecule has 0 radical (unpaired) electrons. The Bertz CT molecular complexity index is 194. The molecule has 1 rings (SSSR count). The lowest BCUT2D eigenvalue weighted by atomic mass is 10.1. The van der Waals surface area contributed by atoms with Crippen LogP contribution >= 0.6 is 0 Å². The highest BCUT2D eigenvalue weighted by Crippen LogP contribution is 2.05. The fourth-order valence-electron chi connectivity index (χ4n) is 1.26. The molecule has 0 aliphatic carbocycles. The Balaban J connectivity index is 2.17. The van der Waals surface area contributed by atoms with Gasteiger partial charge >= 0.3 is 0 Å². The van der Waals surface area contributed by atoms with Crippen LogP contribution in [-0.4, -0.2) is 12.6 Å². The summed E-state index contributed by atoms with van der Waals surface area (Å²) >= 11 is 0. The summed E-state index contributed by atoms with van der Waals surface area (Å²) < 4.78 is 5.23. The smallest absolute Gasteiger partial charge is 0.103 e. The van der Waals surface area contributed by atoms with E-state index in [-0.39, 0.29) is 0 Å². The number of rotatable bonds is 5. The zero-order valence-corrected chi connectivity index (χ0v) is 7.84. The van der Waals surface area contributed by atoms with Crippen LogP contribution in [-0.2, 0) is 6.42 Å². The van der Waals surface area contributed by atoms with Crippen LogP contribution in [0.5, 0.6) is 0 Å². The van der Waals surface area contributed by atoms with Crippen LogP contribution in [0.4, 0.5) is 0 Å². The zero-order valence-electron chi connectivity index (χ0n) is 7.84. The van der Waals surface area contributed by atoms with Gasteiger partial charge in [-0.15, -0.1) is 0 Å². The Morgan fingerprint density at radius 2 is 2.42 bits per heavy atom. The first-order valence-electron chi connectivity index (χ1n) is 4.58. The predicted molar refractivity (Wildman–Crippen MR) is 50.2 cm³/mol. The topological polar surface area (TPSA) is 25.2 Å². The van der Waals surface area contributed by atoms with E-state index in [0.29, 0.717) is 6.04 Å². The molecule has 2 heteroatoms. The first-order valence-corrected chi connectivity index (χ1v) is 4.58. The minimum Gasteiger partial charge on any atom is -0.469 e. The van der Waals surface area contributed by atoms with Crippen molar-refractivity contribution in [2.45, 2.75) is 32.7 Å². The quantitative estimate of drug-likeness (QED) is 0.727. The minimum absolute atomic E-state index is 0.583. The van der Waals surface area contributed by atoms with E-state index in [2.05, 4.69) is 19.2 Å². The SMILES string of the molecule is CCNC(C)CCc1ccco1. The molecule has 1 N–H and O–H groups in total. The molecule has 1 heterocycles. The standard InChI is InChI=1S/C10H17NO/c1-3-11-9(2)6-7-10-5-4-8-12-10/h4-5,8-9,11H,3,6-7H2,1-2H3. The average Bonchev–Trinajstić information content (AvgIpc) is 2.53. The van der Waals surface area contributed by atoms with Crippen LogP contribution in [0.15, 0.2) is 22.8 Å². The molecule has 0 saturated carbocycles. The molecule has 0 spiro atoms. The van der Waals surface area contributed by atoms with E-state index in [1.54, 1.807) is 6.26 Å². The molecule has 0 aliphatic rings. The molecule has 1 unspecified atom stereocenters. The highest BCUT2D eigenvalue weighted by molar-refractivity contribution is 4.98. The molecule has 0 amide bonds. The van der Waals surface area contributed by atoms with Crippen LogP contribution in [0.25, 0.3) is 0 Å². The molecule has 1 aromatic rings. The van der Waals surface area contributed by atoms with Crippen molar-refractivity contribution in [3.63, 3.8) is 0 Å². The molecule has 2 nitrogen and oxygen atoms in total. The van der Waals surface area contributed by atoms with E-state index in [1.165, 1.54) is 0 Å². The van der Waals surface area contributed by atoms with Crippen molar-refractivity contribution in [1.29, 1.82) is 0 Å². The van der Waals surface area contributed by atoms with Gasteiger partial charge in [0.1, 0.15) is 5.76 Å². The first-order chi connectivity index (χ1) is 5.83. The number of aryl methyl sites for hydroxylation is 1. The predicted octanol–water partition coefficient (Wildman–Crippen LogP) is 2.21. The maximum Gasteiger partial charge on any atom is 0.103 e. The third-order valence-electron chi connectivity index (χ3n) is 1.96. The Kier molecular flexibility index (Phi) is 3.88. The van der Waals surface area contributed by atoms with Crippen LogP contribution in [0.1, 0.15) is 26.0 Å². The Hall–Kier alpha value is -0.760. The number of nitrogens with one attached hydrogen (secondary N) is 1. The third kappa shape index (κ3) is 3.09. The lowest BCUT2D eigenvalue weighted by molar-refractivity contribution is 0.466. The van der Waals surface area contributed by atoms with Gasteiger partial charge in [-0.3, -0.25) is 0 Å². The number of furan rings is 1. The molecule has 0 bridgehead atoms. The summed E-state index contributed by atoms with van der Waals surface area (Å²) in [5, 5.41) is 3.37. The van der Waals surface area contributed by atoms with E-state index < -0.39 is 0 Å². The lowest BCUT2D eigenvalue weighted by Crippen LogP contribution is -2.25. The summed E-state index contributed by atoms with van der Waals surface area (Å²) in [5.74, 6) is 1.08. The van der Waals surface area contributed by atoms with E-state index in [4.69, 9.17) is 4.42 Å². The van der Waals surface area contributed by atoms with E-state index in [1.807, 2.05) is 12.1 Å². The normalized spacial score (nSPS) is 13.2. The molecule has 12 heavy (non-hydrogen) atoms. The molecular weight excluding hydrogens is 150 g/mol. The van der Waals surface area contributed by atoms with Crippen LogP contribution in [0.2, 0.25) is 0 Å². The Morgan fingerprint density at radius 1 is 1.58 bits per heavy atom. The Labute approximate surface area is 74.0 Å². The molecule has 0 fully saturated rings. The van der Waals surface area contributed by atoms with Gasteiger partial charge in [-0.1, -0.05) is 6.92 Å². The van der Waals surface area contributed by atoms with Gasteiger partial charge in [-0.25, -0.2) is 0 Å². The van der Waals surface area contributed by atoms with Gasteiger partial charge in [-0.2, -0.15) is 0 Å². The highest BCUT2D eigenvalue weighted by atomic mass is 16.3. The number of hydrogen-bond donors (Lipinski definition) is 1. The second-order valence-electron chi connectivity index (χ2n) is 3.08. The van der Waals surface area contributed by atoms with Crippen molar-refractivity contribution >= 4 is 0 Å². The van der Waals surface area contributed by atoms with Gasteiger partial charge in [0.25, 0.3) is 0 Å². The Morgan fingerprint density at radius 3 is 3.00 bits per heavy atom. The van der Waals surface area contributed by atoms with Crippen molar-refractivity contribution < 1.29 is 4.42 Å². The third-order valence-corrected chi connectivity index (χ3v) is 1.96. The molecule has 0 saturated heterocycles. The van der Waals surface area contributed by atoms with Crippen LogP contribution in [0.3, 0.4) is 0 Å². The summed E-state index contributed by atoms with van der Waals surface area (Å²) in [4.78, 5) is 0. The summed E-state index contributed by atoms with van der Waals surface area (Å²) in [6, 6.07) is 4.55. The molecule has 1 aromatic heterocycles. The fraction of sp³-hybridized carbons (Fsp3) is 0.600. The lowest BCUT2D eigenvalue weighted by Gasteiger charge is -2.10. The van der Waals surface area contributed by atoms with Crippen molar-refractivity contribution in [3.05, 3.63) is 24.2 Å². The second kappa shape index (κ2) is 4.99. The maximum absolute atomic E-state index is 5.23. The van der Waals surface area contributed by atoms with E-state index in [0.717, 1.165) is 25.1 Å². The fourth-order valence-corrected chi connectivity index (χ4v) is 1.26. The summed E-state index contributed by atoms with van der Waals surface area (Å²) in [7, 11) is 0. The van der Waals surface area contributed by atoms with Crippen LogP contribution < -0.4 is 5.32 Å². The molecule has 68 valence electrons. The number of hydrogen-bond acceptors (Lipinski definition) is 2. The second-order valence-corrected chi connectivity index (χ2v) is 3.08. The van der Waals surface area contributed by atoms with Gasteiger partial charge < -0.3 is 9.73 Å². The van der Waals surface area contributed by atoms with Gasteiger partial charge in [-0.05, 0) is 32.0 Å².